The molecule has 1 fully saturated rings. The lowest BCUT2D eigenvalue weighted by Crippen LogP contribution is -2.32. The minimum absolute atomic E-state index is 0.430. The van der Waals surface area contributed by atoms with Crippen molar-refractivity contribution < 1.29 is 0 Å². The molecule has 0 heterocycles. The molecule has 1 saturated carbocycles. The number of rotatable bonds is 7. The Morgan fingerprint density at radius 3 is 2.68 bits per heavy atom. The maximum atomic E-state index is 3.65. The Hall–Kier alpha value is -0.380. The molecule has 1 aliphatic rings. The molecule has 1 aromatic carbocycles. The minimum Gasteiger partial charge on any atom is -0.313 e. The number of nitrogens with one attached hydrogen (secondary N) is 1. The van der Waals surface area contributed by atoms with Crippen LogP contribution in [-0.4, -0.2) is 32.1 Å². The third-order valence-electron chi connectivity index (χ3n) is 4.22. The number of nitrogens with zero attached hydrogens (tertiary/aromatic N) is 1. The zero-order chi connectivity index (χ0) is 13.7. The van der Waals surface area contributed by atoms with E-state index in [4.69, 9.17) is 0 Å². The van der Waals surface area contributed by atoms with E-state index in [1.165, 1.54) is 35.8 Å². The fourth-order valence-corrected chi connectivity index (χ4v) is 3.33. The van der Waals surface area contributed by atoms with Crippen LogP contribution < -0.4 is 5.32 Å². The van der Waals surface area contributed by atoms with Gasteiger partial charge < -0.3 is 10.2 Å². The fourth-order valence-electron chi connectivity index (χ4n) is 2.77. The molecular weight excluding hydrogens is 300 g/mol. The van der Waals surface area contributed by atoms with E-state index in [0.717, 1.165) is 18.9 Å². The highest BCUT2D eigenvalue weighted by Gasteiger charge is 2.19. The Kier molecular flexibility index (Phi) is 5.86. The molecule has 0 amide bonds. The van der Waals surface area contributed by atoms with Gasteiger partial charge in [-0.15, -0.1) is 0 Å². The molecule has 0 saturated heterocycles. The summed E-state index contributed by atoms with van der Waals surface area (Å²) in [5.74, 6) is 0.960. The maximum absolute atomic E-state index is 3.65. The SMILES string of the molecule is CNC(CCN(C)CC1CCC1)c1ccccc1Br. The van der Waals surface area contributed by atoms with E-state index >= 15 is 0 Å². The predicted octanol–water partition coefficient (Wildman–Crippen LogP) is 3.83. The fraction of sp³-hybridized carbons (Fsp3) is 0.625. The first kappa shape index (κ1) is 15.0. The lowest BCUT2D eigenvalue weighted by Gasteiger charge is -2.31. The van der Waals surface area contributed by atoms with E-state index < -0.39 is 0 Å². The average Bonchev–Trinajstić information content (AvgIpc) is 2.36. The molecule has 2 rings (SSSR count). The van der Waals surface area contributed by atoms with Crippen molar-refractivity contribution in [3.8, 4) is 0 Å². The number of benzene rings is 1. The molecule has 3 heteroatoms. The Morgan fingerprint density at radius 1 is 1.37 bits per heavy atom. The average molecular weight is 325 g/mol. The lowest BCUT2D eigenvalue weighted by molar-refractivity contribution is 0.199. The van der Waals surface area contributed by atoms with Crippen molar-refractivity contribution in [1.82, 2.24) is 10.2 Å². The summed E-state index contributed by atoms with van der Waals surface area (Å²) in [7, 11) is 4.31. The molecule has 0 aromatic heterocycles. The summed E-state index contributed by atoms with van der Waals surface area (Å²) in [5.41, 5.74) is 1.36. The zero-order valence-electron chi connectivity index (χ0n) is 12.0. The second-order valence-corrected chi connectivity index (χ2v) is 6.56. The van der Waals surface area contributed by atoms with Crippen molar-refractivity contribution in [1.29, 1.82) is 0 Å². The monoisotopic (exact) mass is 324 g/mol. The first-order valence-electron chi connectivity index (χ1n) is 7.31. The van der Waals surface area contributed by atoms with Gasteiger partial charge in [-0.2, -0.15) is 0 Å². The van der Waals surface area contributed by atoms with Gasteiger partial charge in [0.2, 0.25) is 0 Å². The van der Waals surface area contributed by atoms with Gasteiger partial charge in [0, 0.05) is 17.1 Å². The molecule has 1 aliphatic carbocycles. The molecule has 1 unspecified atom stereocenters. The molecular formula is C16H25BrN2. The molecule has 19 heavy (non-hydrogen) atoms. The second-order valence-electron chi connectivity index (χ2n) is 5.71. The summed E-state index contributed by atoms with van der Waals surface area (Å²) in [6.45, 7) is 2.43. The van der Waals surface area contributed by atoms with Crippen LogP contribution in [0.1, 0.15) is 37.3 Å². The third kappa shape index (κ3) is 4.30. The molecule has 0 bridgehead atoms. The topological polar surface area (TPSA) is 15.3 Å². The summed E-state index contributed by atoms with van der Waals surface area (Å²) in [6.07, 6.45) is 5.46. The van der Waals surface area contributed by atoms with Crippen molar-refractivity contribution in [2.24, 2.45) is 5.92 Å². The first-order valence-corrected chi connectivity index (χ1v) is 8.10. The van der Waals surface area contributed by atoms with E-state index in [9.17, 15) is 0 Å². The van der Waals surface area contributed by atoms with E-state index in [-0.39, 0.29) is 0 Å². The minimum atomic E-state index is 0.430. The van der Waals surface area contributed by atoms with Crippen LogP contribution in [0.2, 0.25) is 0 Å². The van der Waals surface area contributed by atoms with Crippen molar-refractivity contribution >= 4 is 15.9 Å². The smallest absolute Gasteiger partial charge is 0.0340 e. The van der Waals surface area contributed by atoms with E-state index in [0.29, 0.717) is 6.04 Å². The third-order valence-corrected chi connectivity index (χ3v) is 4.95. The Balaban J connectivity index is 1.83. The molecule has 2 nitrogen and oxygen atoms in total. The van der Waals surface area contributed by atoms with Crippen LogP contribution >= 0.6 is 15.9 Å². The predicted molar refractivity (Wildman–Crippen MR) is 85.4 cm³/mol. The number of hydrogen-bond donors (Lipinski definition) is 1. The van der Waals surface area contributed by atoms with Crippen molar-refractivity contribution in [2.45, 2.75) is 31.7 Å². The van der Waals surface area contributed by atoms with Gasteiger partial charge in [-0.3, -0.25) is 0 Å². The molecule has 0 spiro atoms. The van der Waals surface area contributed by atoms with Crippen LogP contribution in [0.4, 0.5) is 0 Å². The Morgan fingerprint density at radius 2 is 2.11 bits per heavy atom. The maximum Gasteiger partial charge on any atom is 0.0340 e. The van der Waals surface area contributed by atoms with Gasteiger partial charge in [0.1, 0.15) is 0 Å². The summed E-state index contributed by atoms with van der Waals surface area (Å²) < 4.78 is 1.20. The van der Waals surface area contributed by atoms with Crippen LogP contribution in [0.3, 0.4) is 0 Å². The van der Waals surface area contributed by atoms with Crippen molar-refractivity contribution in [3.63, 3.8) is 0 Å². The van der Waals surface area contributed by atoms with Gasteiger partial charge in [0.05, 0.1) is 0 Å². The quantitative estimate of drug-likeness (QED) is 0.820. The first-order chi connectivity index (χ1) is 9.20. The summed E-state index contributed by atoms with van der Waals surface area (Å²) in [5, 5.41) is 3.44. The number of hydrogen-bond acceptors (Lipinski definition) is 2. The summed E-state index contributed by atoms with van der Waals surface area (Å²) >= 11 is 3.65. The van der Waals surface area contributed by atoms with E-state index in [1.807, 2.05) is 0 Å². The molecule has 1 N–H and O–H groups in total. The second kappa shape index (κ2) is 7.41. The van der Waals surface area contributed by atoms with Gasteiger partial charge in [0.15, 0.2) is 0 Å². The van der Waals surface area contributed by atoms with Crippen LogP contribution in [0.5, 0.6) is 0 Å². The van der Waals surface area contributed by atoms with Crippen molar-refractivity contribution in [2.75, 3.05) is 27.2 Å². The highest BCUT2D eigenvalue weighted by molar-refractivity contribution is 9.10. The van der Waals surface area contributed by atoms with Crippen LogP contribution in [0, 0.1) is 5.92 Å². The molecule has 1 atom stereocenters. The van der Waals surface area contributed by atoms with Gasteiger partial charge in [-0.25, -0.2) is 0 Å². The summed E-state index contributed by atoms with van der Waals surface area (Å²) in [6, 6.07) is 8.94. The van der Waals surface area contributed by atoms with E-state index in [1.54, 1.807) is 0 Å². The molecule has 0 radical (unpaired) electrons. The lowest BCUT2D eigenvalue weighted by atomic mass is 9.85. The van der Waals surface area contributed by atoms with Crippen LogP contribution in [0.25, 0.3) is 0 Å². The highest BCUT2D eigenvalue weighted by Crippen LogP contribution is 2.28. The standard InChI is InChI=1S/C16H25BrN2/c1-18-16(14-8-3-4-9-15(14)17)10-11-19(2)12-13-6-5-7-13/h3-4,8-9,13,16,18H,5-7,10-12H2,1-2H3. The largest absolute Gasteiger partial charge is 0.313 e. The zero-order valence-corrected chi connectivity index (χ0v) is 13.6. The Labute approximate surface area is 125 Å². The molecule has 1 aromatic rings. The van der Waals surface area contributed by atoms with Gasteiger partial charge >= 0.3 is 0 Å². The Bertz CT molecular complexity index is 390. The normalized spacial score (nSPS) is 17.5. The molecule has 106 valence electrons. The van der Waals surface area contributed by atoms with Gasteiger partial charge in [-0.05, 0) is 57.5 Å². The van der Waals surface area contributed by atoms with Gasteiger partial charge in [0.25, 0.3) is 0 Å². The van der Waals surface area contributed by atoms with Crippen LogP contribution in [-0.2, 0) is 0 Å². The van der Waals surface area contributed by atoms with E-state index in [2.05, 4.69) is 64.5 Å². The highest BCUT2D eigenvalue weighted by atomic mass is 79.9. The van der Waals surface area contributed by atoms with Crippen molar-refractivity contribution in [3.05, 3.63) is 34.3 Å². The van der Waals surface area contributed by atoms with Crippen LogP contribution in [0.15, 0.2) is 28.7 Å². The molecule has 0 aliphatic heterocycles. The summed E-state index contributed by atoms with van der Waals surface area (Å²) in [4.78, 5) is 2.49. The van der Waals surface area contributed by atoms with Gasteiger partial charge in [-0.1, -0.05) is 40.5 Å². The number of halogens is 1.